The first kappa shape index (κ1) is 8.79. The van der Waals surface area contributed by atoms with Crippen molar-refractivity contribution in [3.8, 4) is 11.5 Å². The van der Waals surface area contributed by atoms with Gasteiger partial charge in [0.05, 0.1) is 6.26 Å². The Kier molecular flexibility index (Phi) is 1.92. The van der Waals surface area contributed by atoms with Gasteiger partial charge >= 0.3 is 0 Å². The van der Waals surface area contributed by atoms with Crippen LogP contribution < -0.4 is 0 Å². The van der Waals surface area contributed by atoms with Crippen LogP contribution in [-0.2, 0) is 6.54 Å². The molecule has 15 heavy (non-hydrogen) atoms. The van der Waals surface area contributed by atoms with Crippen molar-refractivity contribution in [1.29, 1.82) is 0 Å². The lowest BCUT2D eigenvalue weighted by atomic mass is 10.3. The molecule has 0 unspecified atom stereocenters. The molecule has 0 radical (unpaired) electrons. The molecule has 76 valence electrons. The molecule has 0 N–H and O–H groups in total. The molecule has 0 aromatic carbocycles. The highest BCUT2D eigenvalue weighted by Gasteiger charge is 2.23. The van der Waals surface area contributed by atoms with Gasteiger partial charge in [0.25, 0.3) is 0 Å². The molecule has 0 saturated carbocycles. The zero-order chi connectivity index (χ0) is 10.3. The van der Waals surface area contributed by atoms with Crippen molar-refractivity contribution in [2.24, 2.45) is 0 Å². The third-order valence-corrected chi connectivity index (χ3v) is 3.34. The zero-order valence-electron chi connectivity index (χ0n) is 7.84. The van der Waals surface area contributed by atoms with Crippen LogP contribution in [-0.4, -0.2) is 21.6 Å². The number of rotatable bonds is 2. The van der Waals surface area contributed by atoms with Crippen LogP contribution in [0.1, 0.15) is 10.5 Å². The van der Waals surface area contributed by atoms with Gasteiger partial charge in [-0.3, -0.25) is 4.79 Å². The molecular weight excluding hydrogens is 212 g/mol. The Labute approximate surface area is 90.3 Å². The van der Waals surface area contributed by atoms with Crippen molar-refractivity contribution in [3.05, 3.63) is 24.1 Å². The molecule has 0 spiro atoms. The van der Waals surface area contributed by atoms with Gasteiger partial charge in [0.2, 0.25) is 0 Å². The van der Waals surface area contributed by atoms with Gasteiger partial charge in [0, 0.05) is 12.3 Å². The Bertz CT molecular complexity index is 502. The molecule has 0 aliphatic carbocycles. The summed E-state index contributed by atoms with van der Waals surface area (Å²) in [5.74, 6) is 1.64. The van der Waals surface area contributed by atoms with Crippen LogP contribution >= 0.6 is 11.8 Å². The smallest absolute Gasteiger partial charge is 0.169 e. The molecule has 0 bridgehead atoms. The molecule has 1 aliphatic rings. The molecule has 5 heteroatoms. The second-order valence-corrected chi connectivity index (χ2v) is 4.29. The van der Waals surface area contributed by atoms with E-state index >= 15 is 0 Å². The molecule has 1 aliphatic heterocycles. The van der Waals surface area contributed by atoms with Crippen LogP contribution in [0.3, 0.4) is 0 Å². The third kappa shape index (κ3) is 1.23. The number of aromatic nitrogens is 2. The van der Waals surface area contributed by atoms with E-state index in [1.807, 2.05) is 10.6 Å². The van der Waals surface area contributed by atoms with Crippen LogP contribution in [0.4, 0.5) is 0 Å². The lowest BCUT2D eigenvalue weighted by Crippen LogP contribution is -1.99. The maximum absolute atomic E-state index is 11.0. The standard InChI is InChI=1S/C10H8N2O2S/c13-6-7-9(8-2-1-4-14-8)11-10-12(7)3-5-15-10/h1-2,4,6H,3,5H2. The number of carbonyl (C=O) groups excluding carboxylic acids is 1. The first-order valence-electron chi connectivity index (χ1n) is 4.62. The molecule has 0 amide bonds. The van der Waals surface area contributed by atoms with Gasteiger partial charge in [-0.15, -0.1) is 0 Å². The average molecular weight is 220 g/mol. The SMILES string of the molecule is O=Cc1c(-c2ccco2)nc2n1CCS2. The van der Waals surface area contributed by atoms with Crippen molar-refractivity contribution in [1.82, 2.24) is 9.55 Å². The number of imidazole rings is 1. The number of hydrogen-bond donors (Lipinski definition) is 0. The highest BCUT2D eigenvalue weighted by molar-refractivity contribution is 7.99. The van der Waals surface area contributed by atoms with E-state index in [2.05, 4.69) is 4.98 Å². The average Bonchev–Trinajstić information content (AvgIpc) is 2.93. The Morgan fingerprint density at radius 3 is 3.27 bits per heavy atom. The monoisotopic (exact) mass is 220 g/mol. The first-order chi connectivity index (χ1) is 7.40. The molecule has 0 saturated heterocycles. The van der Waals surface area contributed by atoms with Gasteiger partial charge in [-0.05, 0) is 12.1 Å². The minimum Gasteiger partial charge on any atom is -0.463 e. The van der Waals surface area contributed by atoms with E-state index in [0.29, 0.717) is 17.1 Å². The highest BCUT2D eigenvalue weighted by Crippen LogP contribution is 2.32. The Hall–Kier alpha value is -1.49. The molecule has 3 heterocycles. The third-order valence-electron chi connectivity index (χ3n) is 2.38. The number of fused-ring (bicyclic) bond motifs is 1. The number of hydrogen-bond acceptors (Lipinski definition) is 4. The molecule has 0 atom stereocenters. The van der Waals surface area contributed by atoms with Crippen molar-refractivity contribution in [3.63, 3.8) is 0 Å². The number of furan rings is 1. The van der Waals surface area contributed by atoms with Gasteiger partial charge in [-0.2, -0.15) is 0 Å². The summed E-state index contributed by atoms with van der Waals surface area (Å²) in [5, 5.41) is 0.906. The summed E-state index contributed by atoms with van der Waals surface area (Å²) in [7, 11) is 0. The number of aldehydes is 1. The highest BCUT2D eigenvalue weighted by atomic mass is 32.2. The Morgan fingerprint density at radius 1 is 1.60 bits per heavy atom. The van der Waals surface area contributed by atoms with E-state index in [4.69, 9.17) is 4.42 Å². The Balaban J connectivity index is 2.20. The summed E-state index contributed by atoms with van der Waals surface area (Å²) >= 11 is 1.67. The fourth-order valence-corrected chi connectivity index (χ4v) is 2.67. The lowest BCUT2D eigenvalue weighted by molar-refractivity contribution is 0.111. The van der Waals surface area contributed by atoms with E-state index in [0.717, 1.165) is 23.7 Å². The predicted molar refractivity (Wildman–Crippen MR) is 56.0 cm³/mol. The number of nitrogens with zero attached hydrogens (tertiary/aromatic N) is 2. The number of thioether (sulfide) groups is 1. The topological polar surface area (TPSA) is 48.0 Å². The second kappa shape index (κ2) is 3.27. The van der Waals surface area contributed by atoms with Crippen molar-refractivity contribution in [2.45, 2.75) is 11.7 Å². The lowest BCUT2D eigenvalue weighted by Gasteiger charge is -1.97. The summed E-state index contributed by atoms with van der Waals surface area (Å²) in [5.41, 5.74) is 1.27. The predicted octanol–water partition coefficient (Wildman–Crippen LogP) is 2.06. The van der Waals surface area contributed by atoms with Gasteiger partial charge < -0.3 is 8.98 Å². The van der Waals surface area contributed by atoms with Crippen molar-refractivity contribution < 1.29 is 9.21 Å². The van der Waals surface area contributed by atoms with E-state index < -0.39 is 0 Å². The van der Waals surface area contributed by atoms with E-state index in [-0.39, 0.29) is 0 Å². The van der Waals surface area contributed by atoms with E-state index in [1.165, 1.54) is 0 Å². The fraction of sp³-hybridized carbons (Fsp3) is 0.200. The normalized spacial score (nSPS) is 14.1. The zero-order valence-corrected chi connectivity index (χ0v) is 8.66. The van der Waals surface area contributed by atoms with Crippen LogP contribution in [0.5, 0.6) is 0 Å². The van der Waals surface area contributed by atoms with Gasteiger partial charge in [-0.1, -0.05) is 11.8 Å². The molecular formula is C10H8N2O2S. The van der Waals surface area contributed by atoms with Crippen LogP contribution in [0.2, 0.25) is 0 Å². The van der Waals surface area contributed by atoms with Gasteiger partial charge in [-0.25, -0.2) is 4.98 Å². The second-order valence-electron chi connectivity index (χ2n) is 3.22. The fourth-order valence-electron chi connectivity index (χ4n) is 1.71. The van der Waals surface area contributed by atoms with Crippen LogP contribution in [0.15, 0.2) is 28.0 Å². The summed E-state index contributed by atoms with van der Waals surface area (Å²) in [6, 6.07) is 3.61. The molecule has 2 aromatic heterocycles. The Morgan fingerprint density at radius 2 is 2.53 bits per heavy atom. The maximum Gasteiger partial charge on any atom is 0.169 e. The molecule has 2 aromatic rings. The minimum absolute atomic E-state index is 0.616. The summed E-state index contributed by atoms with van der Waals surface area (Å²) in [6.07, 6.45) is 2.43. The molecule has 0 fully saturated rings. The first-order valence-corrected chi connectivity index (χ1v) is 5.61. The van der Waals surface area contributed by atoms with E-state index in [9.17, 15) is 4.79 Å². The largest absolute Gasteiger partial charge is 0.463 e. The van der Waals surface area contributed by atoms with Gasteiger partial charge in [0.1, 0.15) is 11.4 Å². The van der Waals surface area contributed by atoms with Gasteiger partial charge in [0.15, 0.2) is 17.2 Å². The van der Waals surface area contributed by atoms with E-state index in [1.54, 1.807) is 24.1 Å². The molecule has 4 nitrogen and oxygen atoms in total. The van der Waals surface area contributed by atoms with Crippen LogP contribution in [0.25, 0.3) is 11.5 Å². The van der Waals surface area contributed by atoms with Crippen LogP contribution in [0, 0.1) is 0 Å². The summed E-state index contributed by atoms with van der Waals surface area (Å²) in [4.78, 5) is 15.4. The van der Waals surface area contributed by atoms with Crippen molar-refractivity contribution in [2.75, 3.05) is 5.75 Å². The number of carbonyl (C=O) groups is 1. The maximum atomic E-state index is 11.0. The quantitative estimate of drug-likeness (QED) is 0.727. The summed E-state index contributed by atoms with van der Waals surface area (Å²) < 4.78 is 7.19. The summed E-state index contributed by atoms with van der Waals surface area (Å²) in [6.45, 7) is 0.849. The molecule has 3 rings (SSSR count). The minimum atomic E-state index is 0.616. The van der Waals surface area contributed by atoms with Crippen molar-refractivity contribution >= 4 is 18.0 Å².